The average molecular weight is 151 g/mol. The first kappa shape index (κ1) is 8.51. The van der Waals surface area contributed by atoms with Crippen LogP contribution in [0, 0.1) is 0 Å². The Morgan fingerprint density at radius 1 is 1.55 bits per heavy atom. The van der Waals surface area contributed by atoms with E-state index in [4.69, 9.17) is 0 Å². The van der Waals surface area contributed by atoms with Gasteiger partial charge in [-0.25, -0.2) is 0 Å². The number of nitrogens with zero attached hydrogens (tertiary/aromatic N) is 1. The van der Waals surface area contributed by atoms with Gasteiger partial charge in [0, 0.05) is 12.1 Å². The van der Waals surface area contributed by atoms with Gasteiger partial charge in [-0.3, -0.25) is 4.99 Å². The lowest BCUT2D eigenvalue weighted by molar-refractivity contribution is 0.768. The van der Waals surface area contributed by atoms with Crippen LogP contribution in [0.1, 0.15) is 39.5 Å². The zero-order valence-electron chi connectivity index (χ0n) is 7.56. The predicted octanol–water partition coefficient (Wildman–Crippen LogP) is 2.97. The summed E-state index contributed by atoms with van der Waals surface area (Å²) in [6.45, 7) is 5.30. The minimum atomic E-state index is 0.964. The summed E-state index contributed by atoms with van der Waals surface area (Å²) in [7, 11) is 0. The Labute approximate surface area is 69.2 Å². The fourth-order valence-corrected chi connectivity index (χ4v) is 1.24. The Morgan fingerprint density at radius 2 is 2.36 bits per heavy atom. The molecular weight excluding hydrogens is 134 g/mol. The molecule has 0 atom stereocenters. The highest BCUT2D eigenvalue weighted by Gasteiger charge is 2.01. The molecule has 0 spiro atoms. The van der Waals surface area contributed by atoms with E-state index in [2.05, 4.69) is 24.9 Å². The van der Waals surface area contributed by atoms with Gasteiger partial charge in [-0.1, -0.05) is 25.0 Å². The van der Waals surface area contributed by atoms with Gasteiger partial charge in [0.2, 0.25) is 0 Å². The van der Waals surface area contributed by atoms with E-state index in [1.165, 1.54) is 30.5 Å². The molecule has 0 aromatic carbocycles. The SMILES string of the molecule is CCCCC1=CCC(C)=NC1. The van der Waals surface area contributed by atoms with E-state index in [1.54, 1.807) is 0 Å². The number of rotatable bonds is 3. The predicted molar refractivity (Wildman–Crippen MR) is 50.2 cm³/mol. The molecule has 0 radical (unpaired) electrons. The monoisotopic (exact) mass is 151 g/mol. The molecular formula is C10H17N. The molecule has 0 saturated carbocycles. The molecule has 0 aromatic heterocycles. The van der Waals surface area contributed by atoms with Gasteiger partial charge >= 0.3 is 0 Å². The van der Waals surface area contributed by atoms with E-state index in [-0.39, 0.29) is 0 Å². The second-order valence-corrected chi connectivity index (χ2v) is 3.22. The molecule has 62 valence electrons. The Hall–Kier alpha value is -0.590. The number of dihydropyridines is 1. The second-order valence-electron chi connectivity index (χ2n) is 3.22. The van der Waals surface area contributed by atoms with Crippen LogP contribution in [0.3, 0.4) is 0 Å². The molecule has 11 heavy (non-hydrogen) atoms. The lowest BCUT2D eigenvalue weighted by Crippen LogP contribution is -2.01. The molecule has 1 nitrogen and oxygen atoms in total. The molecule has 0 unspecified atom stereocenters. The standard InChI is InChI=1S/C10H17N/c1-3-4-5-10-7-6-9(2)11-8-10/h7H,3-6,8H2,1-2H3. The van der Waals surface area contributed by atoms with Gasteiger partial charge in [0.05, 0.1) is 6.54 Å². The van der Waals surface area contributed by atoms with Gasteiger partial charge in [-0.2, -0.15) is 0 Å². The van der Waals surface area contributed by atoms with Crippen molar-refractivity contribution in [1.82, 2.24) is 0 Å². The van der Waals surface area contributed by atoms with Crippen molar-refractivity contribution in [2.45, 2.75) is 39.5 Å². The summed E-state index contributed by atoms with van der Waals surface area (Å²) in [6, 6.07) is 0. The van der Waals surface area contributed by atoms with Gasteiger partial charge in [0.1, 0.15) is 0 Å². The number of unbranched alkanes of at least 4 members (excludes halogenated alkanes) is 1. The normalized spacial score (nSPS) is 17.6. The van der Waals surface area contributed by atoms with Crippen molar-refractivity contribution >= 4 is 5.71 Å². The minimum Gasteiger partial charge on any atom is -0.290 e. The van der Waals surface area contributed by atoms with Crippen LogP contribution in [0.5, 0.6) is 0 Å². The van der Waals surface area contributed by atoms with Crippen molar-refractivity contribution in [2.75, 3.05) is 6.54 Å². The van der Waals surface area contributed by atoms with Crippen molar-refractivity contribution in [2.24, 2.45) is 4.99 Å². The molecule has 1 aliphatic rings. The molecule has 0 saturated heterocycles. The zero-order valence-corrected chi connectivity index (χ0v) is 7.56. The highest BCUT2D eigenvalue weighted by atomic mass is 14.7. The molecule has 0 aromatic rings. The number of hydrogen-bond donors (Lipinski definition) is 0. The molecule has 0 aliphatic carbocycles. The quantitative estimate of drug-likeness (QED) is 0.550. The molecule has 0 bridgehead atoms. The summed E-state index contributed by atoms with van der Waals surface area (Å²) in [5.41, 5.74) is 2.82. The third kappa shape index (κ3) is 2.87. The molecule has 1 aliphatic heterocycles. The van der Waals surface area contributed by atoms with Crippen molar-refractivity contribution in [3.63, 3.8) is 0 Å². The zero-order chi connectivity index (χ0) is 8.10. The molecule has 0 fully saturated rings. The van der Waals surface area contributed by atoms with Crippen LogP contribution >= 0.6 is 0 Å². The van der Waals surface area contributed by atoms with Crippen molar-refractivity contribution in [3.8, 4) is 0 Å². The lowest BCUT2D eigenvalue weighted by atomic mass is 10.0. The van der Waals surface area contributed by atoms with E-state index in [0.29, 0.717) is 0 Å². The number of hydrogen-bond acceptors (Lipinski definition) is 1. The van der Waals surface area contributed by atoms with Crippen molar-refractivity contribution < 1.29 is 0 Å². The number of allylic oxidation sites excluding steroid dienone is 1. The Morgan fingerprint density at radius 3 is 2.91 bits per heavy atom. The van der Waals surface area contributed by atoms with Crippen molar-refractivity contribution in [3.05, 3.63) is 11.6 Å². The lowest BCUT2D eigenvalue weighted by Gasteiger charge is -2.09. The van der Waals surface area contributed by atoms with E-state index < -0.39 is 0 Å². The summed E-state index contributed by atoms with van der Waals surface area (Å²) in [4.78, 5) is 4.41. The van der Waals surface area contributed by atoms with Gasteiger partial charge in [0.25, 0.3) is 0 Å². The van der Waals surface area contributed by atoms with Gasteiger partial charge < -0.3 is 0 Å². The fourth-order valence-electron chi connectivity index (χ4n) is 1.24. The van der Waals surface area contributed by atoms with Crippen LogP contribution in [-0.2, 0) is 0 Å². The third-order valence-electron chi connectivity index (χ3n) is 2.09. The average Bonchev–Trinajstić information content (AvgIpc) is 2.04. The first-order valence-corrected chi connectivity index (χ1v) is 4.50. The molecule has 1 heterocycles. The van der Waals surface area contributed by atoms with E-state index in [1.807, 2.05) is 0 Å². The van der Waals surface area contributed by atoms with E-state index in [0.717, 1.165) is 13.0 Å². The van der Waals surface area contributed by atoms with Crippen LogP contribution in [0.4, 0.5) is 0 Å². The van der Waals surface area contributed by atoms with Crippen LogP contribution in [-0.4, -0.2) is 12.3 Å². The Bertz CT molecular complexity index is 177. The fraction of sp³-hybridized carbons (Fsp3) is 0.700. The smallest absolute Gasteiger partial charge is 0.0599 e. The van der Waals surface area contributed by atoms with Crippen LogP contribution in [0.2, 0.25) is 0 Å². The second kappa shape index (κ2) is 4.32. The summed E-state index contributed by atoms with van der Waals surface area (Å²) < 4.78 is 0. The highest BCUT2D eigenvalue weighted by molar-refractivity contribution is 5.84. The Balaban J connectivity index is 2.27. The highest BCUT2D eigenvalue weighted by Crippen LogP contribution is 2.12. The van der Waals surface area contributed by atoms with Gasteiger partial charge in [-0.15, -0.1) is 0 Å². The number of aliphatic imine (C=N–C) groups is 1. The maximum atomic E-state index is 4.41. The van der Waals surface area contributed by atoms with Crippen LogP contribution < -0.4 is 0 Å². The van der Waals surface area contributed by atoms with E-state index >= 15 is 0 Å². The summed E-state index contributed by atoms with van der Waals surface area (Å²) in [5.74, 6) is 0. The molecule has 1 heteroatoms. The largest absolute Gasteiger partial charge is 0.290 e. The molecule has 0 N–H and O–H groups in total. The summed E-state index contributed by atoms with van der Waals surface area (Å²) >= 11 is 0. The minimum absolute atomic E-state index is 0.964. The van der Waals surface area contributed by atoms with E-state index in [9.17, 15) is 0 Å². The third-order valence-corrected chi connectivity index (χ3v) is 2.09. The van der Waals surface area contributed by atoms with Crippen LogP contribution in [0.15, 0.2) is 16.6 Å². The summed E-state index contributed by atoms with van der Waals surface area (Å²) in [6.07, 6.45) is 7.30. The van der Waals surface area contributed by atoms with Gasteiger partial charge in [0.15, 0.2) is 0 Å². The Kier molecular flexibility index (Phi) is 3.34. The van der Waals surface area contributed by atoms with Crippen molar-refractivity contribution in [1.29, 1.82) is 0 Å². The molecule has 1 rings (SSSR count). The van der Waals surface area contributed by atoms with Gasteiger partial charge in [-0.05, 0) is 19.8 Å². The first-order valence-electron chi connectivity index (χ1n) is 4.50. The first-order chi connectivity index (χ1) is 5.33. The maximum Gasteiger partial charge on any atom is 0.0599 e. The topological polar surface area (TPSA) is 12.4 Å². The maximum absolute atomic E-state index is 4.41. The molecule has 0 amide bonds. The van der Waals surface area contributed by atoms with Crippen LogP contribution in [0.25, 0.3) is 0 Å². The summed E-state index contributed by atoms with van der Waals surface area (Å²) in [5, 5.41) is 0.